The van der Waals surface area contributed by atoms with Crippen molar-refractivity contribution >= 4 is 16.9 Å². The Hall–Kier alpha value is -3.60. The molecule has 1 saturated heterocycles. The third-order valence-electron chi connectivity index (χ3n) is 6.84. The van der Waals surface area contributed by atoms with Crippen LogP contribution in [0.4, 0.5) is 0 Å². The van der Waals surface area contributed by atoms with Gasteiger partial charge in [0.15, 0.2) is 0 Å². The summed E-state index contributed by atoms with van der Waals surface area (Å²) < 4.78 is 8.37. The first-order valence-corrected chi connectivity index (χ1v) is 12.6. The van der Waals surface area contributed by atoms with Gasteiger partial charge in [0.1, 0.15) is 11.6 Å². The summed E-state index contributed by atoms with van der Waals surface area (Å²) in [7, 11) is 0. The monoisotopic (exact) mass is 467 g/mol. The number of fused-ring (bicyclic) bond motifs is 1. The fourth-order valence-corrected chi connectivity index (χ4v) is 5.06. The number of benzene rings is 3. The van der Waals surface area contributed by atoms with Gasteiger partial charge >= 0.3 is 0 Å². The van der Waals surface area contributed by atoms with E-state index in [4.69, 9.17) is 9.72 Å². The lowest BCUT2D eigenvalue weighted by Crippen LogP contribution is -2.24. The van der Waals surface area contributed by atoms with Crippen LogP contribution in [0.1, 0.15) is 47.7 Å². The van der Waals surface area contributed by atoms with Gasteiger partial charge in [0.05, 0.1) is 17.6 Å². The number of amides is 1. The van der Waals surface area contributed by atoms with Crippen molar-refractivity contribution in [1.82, 2.24) is 14.5 Å². The van der Waals surface area contributed by atoms with E-state index in [1.807, 2.05) is 29.2 Å². The molecule has 0 radical (unpaired) electrons. The van der Waals surface area contributed by atoms with Crippen molar-refractivity contribution in [2.45, 2.75) is 52.1 Å². The second-order valence-corrected chi connectivity index (χ2v) is 9.60. The lowest BCUT2D eigenvalue weighted by Gasteiger charge is -2.17. The normalized spacial score (nSPS) is 15.8. The van der Waals surface area contributed by atoms with Gasteiger partial charge in [0.2, 0.25) is 5.91 Å². The number of unbranched alkanes of at least 4 members (excludes halogenated alkanes) is 1. The second kappa shape index (κ2) is 10.3. The molecule has 5 nitrogen and oxygen atoms in total. The molecule has 35 heavy (non-hydrogen) atoms. The summed E-state index contributed by atoms with van der Waals surface area (Å²) >= 11 is 0. The fourth-order valence-electron chi connectivity index (χ4n) is 5.06. The molecule has 1 aliphatic rings. The molecule has 0 N–H and O–H groups in total. The highest BCUT2D eigenvalue weighted by molar-refractivity contribution is 5.81. The zero-order valence-electron chi connectivity index (χ0n) is 20.6. The number of aromatic nitrogens is 2. The van der Waals surface area contributed by atoms with Crippen LogP contribution >= 0.6 is 0 Å². The third-order valence-corrected chi connectivity index (χ3v) is 6.84. The molecule has 4 aromatic rings. The van der Waals surface area contributed by atoms with Crippen molar-refractivity contribution in [3.05, 3.63) is 95.3 Å². The predicted molar refractivity (Wildman–Crippen MR) is 140 cm³/mol. The number of rotatable bonds is 9. The molecule has 0 aliphatic carbocycles. The maximum absolute atomic E-state index is 12.8. The Morgan fingerprint density at radius 1 is 0.971 bits per heavy atom. The standard InChI is InChI=1S/C30H33N3O2/c1-22-14-15-28(23(2)18-22)35-17-9-8-16-33-27-13-7-6-12-26(27)31-30(33)25-19-29(34)32(21-25)20-24-10-4-3-5-11-24/h3-7,10-15,18,25H,8-9,16-17,19-21H2,1-2H3. The molecule has 1 unspecified atom stereocenters. The van der Waals surface area contributed by atoms with Crippen LogP contribution in [0.5, 0.6) is 5.75 Å². The van der Waals surface area contributed by atoms with Crippen molar-refractivity contribution in [2.75, 3.05) is 13.2 Å². The number of hydrogen-bond acceptors (Lipinski definition) is 3. The molecule has 1 atom stereocenters. The van der Waals surface area contributed by atoms with Crippen molar-refractivity contribution < 1.29 is 9.53 Å². The number of ether oxygens (including phenoxy) is 1. The molecule has 5 rings (SSSR count). The zero-order chi connectivity index (χ0) is 24.2. The van der Waals surface area contributed by atoms with Gasteiger partial charge < -0.3 is 14.2 Å². The summed E-state index contributed by atoms with van der Waals surface area (Å²) in [6, 6.07) is 24.8. The smallest absolute Gasteiger partial charge is 0.223 e. The van der Waals surface area contributed by atoms with E-state index < -0.39 is 0 Å². The number of aryl methyl sites for hydroxylation is 3. The molecule has 0 spiro atoms. The summed E-state index contributed by atoms with van der Waals surface area (Å²) in [5, 5.41) is 0. The quantitative estimate of drug-likeness (QED) is 0.283. The minimum Gasteiger partial charge on any atom is -0.493 e. The lowest BCUT2D eigenvalue weighted by molar-refractivity contribution is -0.128. The number of hydrogen-bond donors (Lipinski definition) is 0. The number of carbonyl (C=O) groups is 1. The molecule has 1 amide bonds. The summed E-state index contributed by atoms with van der Waals surface area (Å²) in [5.41, 5.74) is 5.74. The summed E-state index contributed by atoms with van der Waals surface area (Å²) in [4.78, 5) is 19.8. The average Bonchev–Trinajstić information content (AvgIpc) is 3.41. The first kappa shape index (κ1) is 23.2. The van der Waals surface area contributed by atoms with E-state index >= 15 is 0 Å². The first-order valence-electron chi connectivity index (χ1n) is 12.6. The van der Waals surface area contributed by atoms with Gasteiger partial charge in [-0.1, -0.05) is 60.2 Å². The Bertz CT molecular complexity index is 1310. The summed E-state index contributed by atoms with van der Waals surface area (Å²) in [5.74, 6) is 2.32. The molecule has 1 fully saturated rings. The molecule has 1 aliphatic heterocycles. The fraction of sp³-hybridized carbons (Fsp3) is 0.333. The Morgan fingerprint density at radius 2 is 1.77 bits per heavy atom. The van der Waals surface area contributed by atoms with Gasteiger partial charge in [0, 0.05) is 32.0 Å². The highest BCUT2D eigenvalue weighted by Gasteiger charge is 2.33. The molecule has 3 aromatic carbocycles. The van der Waals surface area contributed by atoms with E-state index in [0.717, 1.165) is 42.0 Å². The van der Waals surface area contributed by atoms with E-state index in [-0.39, 0.29) is 11.8 Å². The van der Waals surface area contributed by atoms with Crippen LogP contribution in [0.3, 0.4) is 0 Å². The third kappa shape index (κ3) is 5.24. The van der Waals surface area contributed by atoms with Crippen LogP contribution in [0, 0.1) is 13.8 Å². The van der Waals surface area contributed by atoms with Crippen LogP contribution in [-0.2, 0) is 17.9 Å². The summed E-state index contributed by atoms with van der Waals surface area (Å²) in [6.07, 6.45) is 2.47. The first-order chi connectivity index (χ1) is 17.1. The van der Waals surface area contributed by atoms with Crippen LogP contribution in [-0.4, -0.2) is 33.5 Å². The molecule has 0 saturated carbocycles. The SMILES string of the molecule is Cc1ccc(OCCCCn2c(C3CC(=O)N(Cc4ccccc4)C3)nc3ccccc32)c(C)c1. The maximum atomic E-state index is 12.8. The van der Waals surface area contributed by atoms with Crippen LogP contribution < -0.4 is 4.74 Å². The average molecular weight is 468 g/mol. The van der Waals surface area contributed by atoms with Crippen molar-refractivity contribution in [2.24, 2.45) is 0 Å². The molecular weight excluding hydrogens is 434 g/mol. The number of carbonyl (C=O) groups excluding carboxylic acids is 1. The minimum atomic E-state index is 0.116. The molecule has 180 valence electrons. The van der Waals surface area contributed by atoms with E-state index in [9.17, 15) is 4.79 Å². The van der Waals surface area contributed by atoms with E-state index in [2.05, 4.69) is 66.9 Å². The molecule has 2 heterocycles. The van der Waals surface area contributed by atoms with Gasteiger partial charge in [0.25, 0.3) is 0 Å². The number of likely N-dealkylation sites (tertiary alicyclic amines) is 1. The Balaban J connectivity index is 1.25. The predicted octanol–water partition coefficient (Wildman–Crippen LogP) is 6.03. The van der Waals surface area contributed by atoms with Crippen LogP contribution in [0.15, 0.2) is 72.8 Å². The Labute approximate surface area is 207 Å². The highest BCUT2D eigenvalue weighted by atomic mass is 16.5. The Morgan fingerprint density at radius 3 is 2.60 bits per heavy atom. The molecule has 0 bridgehead atoms. The number of imidazole rings is 1. The van der Waals surface area contributed by atoms with Crippen LogP contribution in [0.2, 0.25) is 0 Å². The van der Waals surface area contributed by atoms with Gasteiger partial charge in [-0.2, -0.15) is 0 Å². The van der Waals surface area contributed by atoms with Crippen molar-refractivity contribution in [3.8, 4) is 5.75 Å². The van der Waals surface area contributed by atoms with Crippen LogP contribution in [0.25, 0.3) is 11.0 Å². The molecule has 1 aromatic heterocycles. The zero-order valence-corrected chi connectivity index (χ0v) is 20.6. The minimum absolute atomic E-state index is 0.116. The van der Waals surface area contributed by atoms with Gasteiger partial charge in [-0.05, 0) is 56.0 Å². The number of nitrogens with zero attached hydrogens (tertiary/aromatic N) is 3. The van der Waals surface area contributed by atoms with E-state index in [0.29, 0.717) is 26.1 Å². The van der Waals surface area contributed by atoms with Gasteiger partial charge in [-0.15, -0.1) is 0 Å². The topological polar surface area (TPSA) is 47.4 Å². The van der Waals surface area contributed by atoms with E-state index in [1.54, 1.807) is 0 Å². The Kier molecular flexibility index (Phi) is 6.84. The summed E-state index contributed by atoms with van der Waals surface area (Å²) in [6.45, 7) is 7.13. The molecular formula is C30H33N3O2. The van der Waals surface area contributed by atoms with Crippen molar-refractivity contribution in [3.63, 3.8) is 0 Å². The maximum Gasteiger partial charge on any atom is 0.223 e. The van der Waals surface area contributed by atoms with Gasteiger partial charge in [-0.3, -0.25) is 4.79 Å². The number of para-hydroxylation sites is 2. The van der Waals surface area contributed by atoms with Gasteiger partial charge in [-0.25, -0.2) is 4.98 Å². The van der Waals surface area contributed by atoms with Crippen molar-refractivity contribution in [1.29, 1.82) is 0 Å². The second-order valence-electron chi connectivity index (χ2n) is 9.60. The largest absolute Gasteiger partial charge is 0.493 e. The molecule has 5 heteroatoms. The highest BCUT2D eigenvalue weighted by Crippen LogP contribution is 2.31. The lowest BCUT2D eigenvalue weighted by atomic mass is 10.1. The van der Waals surface area contributed by atoms with E-state index in [1.165, 1.54) is 16.7 Å².